The van der Waals surface area contributed by atoms with Gasteiger partial charge in [0.15, 0.2) is 0 Å². The number of likely N-dealkylation sites (tertiary alicyclic amines) is 1. The summed E-state index contributed by atoms with van der Waals surface area (Å²) < 4.78 is 4.54. The fourth-order valence-corrected chi connectivity index (χ4v) is 6.31. The topological polar surface area (TPSA) is 78.4 Å². The molecule has 0 bridgehead atoms. The third-order valence-corrected chi connectivity index (χ3v) is 8.47. The van der Waals surface area contributed by atoms with Crippen molar-refractivity contribution in [3.63, 3.8) is 0 Å². The Morgan fingerprint density at radius 3 is 2.31 bits per heavy atom. The van der Waals surface area contributed by atoms with Gasteiger partial charge < -0.3 is 15.1 Å². The molecule has 2 aliphatic rings. The maximum Gasteiger partial charge on any atom is 0.257 e. The minimum Gasteiger partial charge on any atom is -0.370 e. The number of aryl methyl sites for hydroxylation is 3. The standard InChI is InChI=1S/C28H35N5O2S/c1-17-5-9-33(10-6-17)28(35)23-16-29-27-24(20(4)31-36-27)25(23)32-11-7-21(8-12-32)26(34)30-22-14-18(2)13-19(3)15-22/h13-17,21H,5-12H2,1-4H3,(H,30,34). The summed E-state index contributed by atoms with van der Waals surface area (Å²) in [6, 6.07) is 6.13. The molecule has 5 rings (SSSR count). The molecule has 3 aromatic rings. The number of anilines is 2. The van der Waals surface area contributed by atoms with Crippen LogP contribution >= 0.6 is 11.5 Å². The molecule has 7 nitrogen and oxygen atoms in total. The normalized spacial score (nSPS) is 17.6. The number of benzene rings is 1. The van der Waals surface area contributed by atoms with Crippen molar-refractivity contribution in [1.29, 1.82) is 0 Å². The van der Waals surface area contributed by atoms with Crippen LogP contribution < -0.4 is 10.2 Å². The second-order valence-electron chi connectivity index (χ2n) is 10.6. The molecule has 2 amide bonds. The van der Waals surface area contributed by atoms with E-state index in [0.29, 0.717) is 11.5 Å². The van der Waals surface area contributed by atoms with Gasteiger partial charge >= 0.3 is 0 Å². The first-order chi connectivity index (χ1) is 17.3. The average Bonchev–Trinajstić information content (AvgIpc) is 3.24. The highest BCUT2D eigenvalue weighted by Gasteiger charge is 2.31. The van der Waals surface area contributed by atoms with Crippen LogP contribution in [0.5, 0.6) is 0 Å². The molecular formula is C28H35N5O2S. The largest absolute Gasteiger partial charge is 0.370 e. The summed E-state index contributed by atoms with van der Waals surface area (Å²) >= 11 is 1.38. The number of amides is 2. The molecule has 8 heteroatoms. The first-order valence-electron chi connectivity index (χ1n) is 13.0. The Hall–Kier alpha value is -3.00. The Balaban J connectivity index is 1.36. The predicted molar refractivity (Wildman–Crippen MR) is 146 cm³/mol. The molecule has 0 unspecified atom stereocenters. The minimum atomic E-state index is -0.0520. The maximum absolute atomic E-state index is 13.7. The Kier molecular flexibility index (Phi) is 6.97. The summed E-state index contributed by atoms with van der Waals surface area (Å²) in [5.41, 5.74) is 5.67. The van der Waals surface area contributed by atoms with Crippen LogP contribution in [0.3, 0.4) is 0 Å². The highest BCUT2D eigenvalue weighted by molar-refractivity contribution is 7.13. The monoisotopic (exact) mass is 505 g/mol. The number of piperidine rings is 2. The van der Waals surface area contributed by atoms with E-state index in [1.807, 2.05) is 37.8 Å². The second-order valence-corrected chi connectivity index (χ2v) is 11.3. The van der Waals surface area contributed by atoms with Crippen LogP contribution in [0.15, 0.2) is 24.4 Å². The van der Waals surface area contributed by atoms with Crippen molar-refractivity contribution < 1.29 is 9.59 Å². The zero-order valence-electron chi connectivity index (χ0n) is 21.6. The summed E-state index contributed by atoms with van der Waals surface area (Å²) in [6.45, 7) is 11.3. The quantitative estimate of drug-likeness (QED) is 0.518. The first-order valence-corrected chi connectivity index (χ1v) is 13.8. The highest BCUT2D eigenvalue weighted by atomic mass is 32.1. The third kappa shape index (κ3) is 4.96. The van der Waals surface area contributed by atoms with Gasteiger partial charge in [-0.2, -0.15) is 4.37 Å². The molecule has 2 saturated heterocycles. The number of rotatable bonds is 4. The van der Waals surface area contributed by atoms with Crippen molar-refractivity contribution in [3.8, 4) is 0 Å². The van der Waals surface area contributed by atoms with Crippen LogP contribution in [0, 0.1) is 32.6 Å². The van der Waals surface area contributed by atoms with E-state index in [-0.39, 0.29) is 17.7 Å². The van der Waals surface area contributed by atoms with Crippen molar-refractivity contribution in [2.24, 2.45) is 11.8 Å². The van der Waals surface area contributed by atoms with Crippen molar-refractivity contribution in [1.82, 2.24) is 14.3 Å². The van der Waals surface area contributed by atoms with Gasteiger partial charge in [-0.3, -0.25) is 9.59 Å². The van der Waals surface area contributed by atoms with Crippen molar-refractivity contribution >= 4 is 44.9 Å². The van der Waals surface area contributed by atoms with Crippen molar-refractivity contribution in [2.75, 3.05) is 36.4 Å². The van der Waals surface area contributed by atoms with Crippen LogP contribution in [0.1, 0.15) is 59.8 Å². The number of carbonyl (C=O) groups excluding carboxylic acids is 2. The number of hydrogen-bond donors (Lipinski definition) is 1. The smallest absolute Gasteiger partial charge is 0.257 e. The number of fused-ring (bicyclic) bond motifs is 1. The van der Waals surface area contributed by atoms with E-state index in [1.54, 1.807) is 6.20 Å². The fourth-order valence-electron chi connectivity index (χ4n) is 5.56. The van der Waals surface area contributed by atoms with Crippen molar-refractivity contribution in [3.05, 3.63) is 46.8 Å². The molecule has 1 aromatic carbocycles. The minimum absolute atomic E-state index is 0.0520. The second kappa shape index (κ2) is 10.2. The maximum atomic E-state index is 13.7. The highest BCUT2D eigenvalue weighted by Crippen LogP contribution is 2.37. The van der Waals surface area contributed by atoms with Crippen molar-refractivity contribution in [2.45, 2.75) is 53.4 Å². The van der Waals surface area contributed by atoms with E-state index in [9.17, 15) is 9.59 Å². The van der Waals surface area contributed by atoms with E-state index in [2.05, 4.69) is 32.6 Å². The lowest BCUT2D eigenvalue weighted by Crippen LogP contribution is -2.41. The molecular weight excluding hydrogens is 470 g/mol. The number of carbonyl (C=O) groups is 2. The molecule has 0 saturated carbocycles. The Labute approximate surface area is 217 Å². The molecule has 0 aliphatic carbocycles. The molecule has 2 fully saturated rings. The van der Waals surface area contributed by atoms with E-state index in [0.717, 1.165) is 90.3 Å². The summed E-state index contributed by atoms with van der Waals surface area (Å²) in [5.74, 6) is 0.744. The van der Waals surface area contributed by atoms with Gasteiger partial charge in [-0.1, -0.05) is 13.0 Å². The average molecular weight is 506 g/mol. The Morgan fingerprint density at radius 2 is 1.64 bits per heavy atom. The van der Waals surface area contributed by atoms with Crippen LogP contribution in [-0.2, 0) is 4.79 Å². The van der Waals surface area contributed by atoms with Gasteiger partial charge in [0.2, 0.25) is 5.91 Å². The molecule has 0 spiro atoms. The summed E-state index contributed by atoms with van der Waals surface area (Å²) in [5, 5.41) is 4.10. The van der Waals surface area contributed by atoms with E-state index < -0.39 is 0 Å². The van der Waals surface area contributed by atoms with E-state index >= 15 is 0 Å². The Bertz CT molecular complexity index is 1270. The number of nitrogens with one attached hydrogen (secondary N) is 1. The summed E-state index contributed by atoms with van der Waals surface area (Å²) in [7, 11) is 0. The molecule has 36 heavy (non-hydrogen) atoms. The fraction of sp³-hybridized carbons (Fsp3) is 0.500. The SMILES string of the molecule is Cc1cc(C)cc(NC(=O)C2CCN(c3c(C(=O)N4CCC(C)CC4)cnc4snc(C)c34)CC2)c1. The lowest BCUT2D eigenvalue weighted by molar-refractivity contribution is -0.120. The molecule has 190 valence electrons. The van der Waals surface area contributed by atoms with Gasteiger partial charge in [-0.15, -0.1) is 0 Å². The van der Waals surface area contributed by atoms with Gasteiger partial charge in [0.05, 0.1) is 22.3 Å². The molecule has 0 atom stereocenters. The lowest BCUT2D eigenvalue weighted by Gasteiger charge is -2.36. The third-order valence-electron chi connectivity index (χ3n) is 7.62. The number of pyridine rings is 1. The molecule has 2 aromatic heterocycles. The molecule has 1 N–H and O–H groups in total. The zero-order chi connectivity index (χ0) is 25.4. The molecule has 0 radical (unpaired) electrons. The predicted octanol–water partition coefficient (Wildman–Crippen LogP) is 5.34. The van der Waals surface area contributed by atoms with E-state index in [1.165, 1.54) is 11.5 Å². The van der Waals surface area contributed by atoms with Crippen LogP contribution in [0.4, 0.5) is 11.4 Å². The van der Waals surface area contributed by atoms with Crippen LogP contribution in [-0.4, -0.2) is 52.3 Å². The molecule has 2 aliphatic heterocycles. The van der Waals surface area contributed by atoms with Crippen LogP contribution in [0.25, 0.3) is 10.2 Å². The van der Waals surface area contributed by atoms with Gasteiger partial charge in [0.1, 0.15) is 4.83 Å². The van der Waals surface area contributed by atoms with Gasteiger partial charge in [-0.05, 0) is 87.2 Å². The summed E-state index contributed by atoms with van der Waals surface area (Å²) in [4.78, 5) is 36.4. The van der Waals surface area contributed by atoms with Gasteiger partial charge in [0.25, 0.3) is 5.91 Å². The van der Waals surface area contributed by atoms with Gasteiger partial charge in [-0.25, -0.2) is 4.98 Å². The van der Waals surface area contributed by atoms with E-state index in [4.69, 9.17) is 0 Å². The van der Waals surface area contributed by atoms with Crippen LogP contribution in [0.2, 0.25) is 0 Å². The number of hydrogen-bond acceptors (Lipinski definition) is 6. The number of aromatic nitrogens is 2. The Morgan fingerprint density at radius 1 is 0.972 bits per heavy atom. The number of nitrogens with zero attached hydrogens (tertiary/aromatic N) is 4. The molecule has 4 heterocycles. The zero-order valence-corrected chi connectivity index (χ0v) is 22.5. The van der Waals surface area contributed by atoms with Gasteiger partial charge in [0, 0.05) is 44.0 Å². The summed E-state index contributed by atoms with van der Waals surface area (Å²) in [6.07, 6.45) is 5.31. The lowest BCUT2D eigenvalue weighted by atomic mass is 9.94. The first kappa shape index (κ1) is 24.7.